The molecule has 0 aromatic heterocycles. The molecule has 42 valence electrons. The topological polar surface area (TPSA) is 43.1 Å². The zero-order valence-corrected chi connectivity index (χ0v) is 4.26. The van der Waals surface area contributed by atoms with E-state index in [-0.39, 0.29) is 5.75 Å². The Balaban J connectivity index is 3.08. The van der Waals surface area contributed by atoms with Crippen molar-refractivity contribution in [2.24, 2.45) is 0 Å². The summed E-state index contributed by atoms with van der Waals surface area (Å²) in [6, 6.07) is 6.18. The summed E-state index contributed by atoms with van der Waals surface area (Å²) in [5.41, 5.74) is 0. The van der Waals surface area contributed by atoms with Crippen LogP contribution in [0.3, 0.4) is 0 Å². The van der Waals surface area contributed by atoms with Gasteiger partial charge in [0.25, 0.3) is 5.75 Å². The van der Waals surface area contributed by atoms with E-state index >= 15 is 0 Å². The minimum Gasteiger partial charge on any atom is -0.593 e. The van der Waals surface area contributed by atoms with Crippen LogP contribution in [0.1, 0.15) is 0 Å². The van der Waals surface area contributed by atoms with Crippen LogP contribution >= 0.6 is 0 Å². The molecule has 0 aliphatic rings. The molecule has 0 heterocycles. The number of rotatable bonds is 0. The third-order valence-electron chi connectivity index (χ3n) is 0.846. The van der Waals surface area contributed by atoms with Gasteiger partial charge in [-0.05, 0) is 12.1 Å². The van der Waals surface area contributed by atoms with E-state index in [4.69, 9.17) is 10.2 Å². The Morgan fingerprint density at radius 3 is 2.50 bits per heavy atom. The average molecular weight is 111 g/mol. The lowest BCUT2D eigenvalue weighted by Crippen LogP contribution is -1.61. The lowest BCUT2D eigenvalue weighted by atomic mass is 10.3. The van der Waals surface area contributed by atoms with Crippen molar-refractivity contribution in [2.45, 2.75) is 0 Å². The van der Waals surface area contributed by atoms with Crippen molar-refractivity contribution in [1.29, 1.82) is 0 Å². The van der Waals surface area contributed by atoms with Gasteiger partial charge in [-0.2, -0.15) is 0 Å². The van der Waals surface area contributed by atoms with Gasteiger partial charge in [0, 0.05) is 6.07 Å². The van der Waals surface area contributed by atoms with Crippen LogP contribution in [0, 0.1) is 0 Å². The highest BCUT2D eigenvalue weighted by Crippen LogP contribution is 2.14. The summed E-state index contributed by atoms with van der Waals surface area (Å²) < 4.78 is 0. The van der Waals surface area contributed by atoms with Crippen molar-refractivity contribution in [1.82, 2.24) is 0 Å². The summed E-state index contributed by atoms with van der Waals surface area (Å²) in [7, 11) is 0. The lowest BCUT2D eigenvalue weighted by Gasteiger charge is -1.86. The van der Waals surface area contributed by atoms with Gasteiger partial charge in [-0.3, -0.25) is 0 Å². The minimum atomic E-state index is 0.150. The number of hydrogen-bond acceptors (Lipinski definition) is 1. The summed E-state index contributed by atoms with van der Waals surface area (Å²) in [5, 5.41) is 15.7. The predicted molar refractivity (Wildman–Crippen MR) is 31.2 cm³/mol. The van der Waals surface area contributed by atoms with Crippen molar-refractivity contribution in [3.8, 4) is 11.5 Å². The van der Waals surface area contributed by atoms with Crippen molar-refractivity contribution < 1.29 is 10.2 Å². The Hall–Kier alpha value is -1.18. The molecule has 0 saturated carbocycles. The van der Waals surface area contributed by atoms with Crippen molar-refractivity contribution in [2.75, 3.05) is 0 Å². The first-order chi connectivity index (χ1) is 3.79. The van der Waals surface area contributed by atoms with E-state index in [0.717, 1.165) is 0 Å². The van der Waals surface area contributed by atoms with Crippen LogP contribution in [0.25, 0.3) is 0 Å². The molecule has 0 unspecified atom stereocenters. The minimum absolute atomic E-state index is 0.150. The van der Waals surface area contributed by atoms with Gasteiger partial charge in [-0.15, -0.1) is 0 Å². The number of phenols is 1. The molecule has 2 nitrogen and oxygen atoms in total. The highest BCUT2D eigenvalue weighted by molar-refractivity contribution is 5.30. The quantitative estimate of drug-likeness (QED) is 0.495. The van der Waals surface area contributed by atoms with Crippen LogP contribution in [-0.2, 0) is 0 Å². The molecule has 1 rings (SSSR count). The first kappa shape index (κ1) is 4.97. The van der Waals surface area contributed by atoms with Crippen molar-refractivity contribution in [3.05, 3.63) is 24.3 Å². The molecule has 0 fully saturated rings. The number of hydrogen-bond donors (Lipinski definition) is 1. The molecule has 1 aromatic rings. The average Bonchev–Trinajstić information content (AvgIpc) is 1.64. The van der Waals surface area contributed by atoms with E-state index in [2.05, 4.69) is 0 Å². The Kier molecular flexibility index (Phi) is 1.08. The first-order valence-electron chi connectivity index (χ1n) is 2.29. The Morgan fingerprint density at radius 2 is 2.12 bits per heavy atom. The highest BCUT2D eigenvalue weighted by atomic mass is 16.3. The maximum Gasteiger partial charge on any atom is 0.257 e. The molecule has 0 spiro atoms. The smallest absolute Gasteiger partial charge is 0.257 e. The molecule has 0 amide bonds. The van der Waals surface area contributed by atoms with E-state index in [1.807, 2.05) is 0 Å². The fourth-order valence-electron chi connectivity index (χ4n) is 0.506. The van der Waals surface area contributed by atoms with Crippen LogP contribution in [0.4, 0.5) is 0 Å². The third-order valence-corrected chi connectivity index (χ3v) is 0.846. The lowest BCUT2D eigenvalue weighted by molar-refractivity contribution is 0.450. The predicted octanol–water partition coefficient (Wildman–Crippen LogP) is 0.830. The van der Waals surface area contributed by atoms with Crippen LogP contribution in [0.15, 0.2) is 24.3 Å². The Bertz CT molecular complexity index is 166. The summed E-state index contributed by atoms with van der Waals surface area (Å²) in [4.78, 5) is 0. The summed E-state index contributed by atoms with van der Waals surface area (Å²) in [6.45, 7) is 0. The van der Waals surface area contributed by atoms with Crippen LogP contribution in [0.5, 0.6) is 11.5 Å². The molecule has 0 aliphatic heterocycles. The van der Waals surface area contributed by atoms with Crippen LogP contribution in [-0.4, -0.2) is 10.2 Å². The second-order valence-corrected chi connectivity index (χ2v) is 1.55. The monoisotopic (exact) mass is 111 g/mol. The highest BCUT2D eigenvalue weighted by Gasteiger charge is 1.90. The van der Waals surface area contributed by atoms with E-state index in [9.17, 15) is 0 Å². The fraction of sp³-hybridized carbons (Fsp3) is 0. The van der Waals surface area contributed by atoms with Crippen molar-refractivity contribution >= 4 is 0 Å². The third kappa shape index (κ3) is 0.904. The molecule has 0 radical (unpaired) electrons. The van der Waals surface area contributed by atoms with Crippen LogP contribution in [0.2, 0.25) is 0 Å². The van der Waals surface area contributed by atoms with Gasteiger partial charge in [0.1, 0.15) is 5.75 Å². The molecule has 8 heavy (non-hydrogen) atoms. The van der Waals surface area contributed by atoms with Gasteiger partial charge in [-0.25, -0.2) is 0 Å². The molecule has 1 aromatic carbocycles. The second kappa shape index (κ2) is 1.74. The molecular weight excluding hydrogens is 104 g/mol. The normalized spacial score (nSPS) is 9.00. The molecule has 0 aliphatic carbocycles. The summed E-state index contributed by atoms with van der Waals surface area (Å²) in [5.74, 6) is 0.488. The van der Waals surface area contributed by atoms with Gasteiger partial charge in [0.05, 0.1) is 6.07 Å². The second-order valence-electron chi connectivity index (χ2n) is 1.55. The van der Waals surface area contributed by atoms with Crippen LogP contribution < -0.4 is 0 Å². The maximum absolute atomic E-state index is 8.69. The fourth-order valence-corrected chi connectivity index (χ4v) is 0.506. The van der Waals surface area contributed by atoms with Gasteiger partial charge in [0.2, 0.25) is 0 Å². The number of phenolic OH excluding ortho intramolecular Hbond substituents is 1. The Labute approximate surface area is 47.0 Å². The number of benzene rings is 1. The van der Waals surface area contributed by atoms with Gasteiger partial charge >= 0.3 is 0 Å². The zero-order valence-electron chi connectivity index (χ0n) is 4.26. The standard InChI is InChI=1S/C6H6O2/c7-5-2-1-3-6(8)4-5/h1-4,7-8H/p+1. The largest absolute Gasteiger partial charge is 0.593 e. The van der Waals surface area contributed by atoms with E-state index < -0.39 is 0 Å². The molecule has 0 atom stereocenters. The van der Waals surface area contributed by atoms with E-state index in [1.54, 1.807) is 12.1 Å². The number of aromatic hydroxyl groups is 1. The zero-order chi connectivity index (χ0) is 5.98. The molecule has 3 N–H and O–H groups in total. The van der Waals surface area contributed by atoms with Gasteiger partial charge in [-0.1, -0.05) is 0 Å². The van der Waals surface area contributed by atoms with E-state index in [1.165, 1.54) is 12.1 Å². The first-order valence-corrected chi connectivity index (χ1v) is 2.29. The van der Waals surface area contributed by atoms with Gasteiger partial charge in [0.15, 0.2) is 0 Å². The Morgan fingerprint density at radius 1 is 1.38 bits per heavy atom. The van der Waals surface area contributed by atoms with Gasteiger partial charge < -0.3 is 10.2 Å². The molecule has 2 heteroatoms. The van der Waals surface area contributed by atoms with Crippen molar-refractivity contribution in [3.63, 3.8) is 0 Å². The SMILES string of the molecule is Oc1cccc([OH2+])c1. The van der Waals surface area contributed by atoms with E-state index in [0.29, 0.717) is 5.75 Å². The molecule has 0 saturated heterocycles. The summed E-state index contributed by atoms with van der Waals surface area (Å²) >= 11 is 0. The maximum atomic E-state index is 8.69. The summed E-state index contributed by atoms with van der Waals surface area (Å²) in [6.07, 6.45) is 0. The molecular formula is C6H7O2+. The molecule has 0 bridgehead atoms.